The highest BCUT2D eigenvalue weighted by atomic mass is 15.0. The first-order valence-corrected chi connectivity index (χ1v) is 11.9. The summed E-state index contributed by atoms with van der Waals surface area (Å²) in [5.74, 6) is 0. The van der Waals surface area contributed by atoms with Gasteiger partial charge in [-0.25, -0.2) is 0 Å². The summed E-state index contributed by atoms with van der Waals surface area (Å²) in [7, 11) is 0. The van der Waals surface area contributed by atoms with Gasteiger partial charge in [-0.1, -0.05) is 121 Å². The molecule has 4 aromatic rings. The van der Waals surface area contributed by atoms with E-state index >= 15 is 0 Å². The fraction of sp³-hybridized carbons (Fsp3) is 0.226. The van der Waals surface area contributed by atoms with Crippen LogP contribution in [0.1, 0.15) is 41.3 Å². The molecule has 2 N–H and O–H groups in total. The zero-order valence-electron chi connectivity index (χ0n) is 19.4. The van der Waals surface area contributed by atoms with E-state index in [1.807, 2.05) is 0 Å². The number of rotatable bonds is 11. The third kappa shape index (κ3) is 7.15. The Morgan fingerprint density at radius 3 is 1.39 bits per heavy atom. The van der Waals surface area contributed by atoms with Crippen LogP contribution in [-0.2, 0) is 12.8 Å². The van der Waals surface area contributed by atoms with Gasteiger partial charge in [-0.15, -0.1) is 0 Å². The van der Waals surface area contributed by atoms with Gasteiger partial charge in [-0.3, -0.25) is 0 Å². The van der Waals surface area contributed by atoms with Crippen molar-refractivity contribution in [2.24, 2.45) is 0 Å². The maximum atomic E-state index is 3.89. The molecule has 33 heavy (non-hydrogen) atoms. The molecule has 0 saturated heterocycles. The van der Waals surface area contributed by atoms with Gasteiger partial charge in [0.25, 0.3) is 0 Å². The second-order valence-corrected chi connectivity index (χ2v) is 8.78. The van der Waals surface area contributed by atoms with Crippen LogP contribution >= 0.6 is 0 Å². The minimum atomic E-state index is 0.273. The lowest BCUT2D eigenvalue weighted by Gasteiger charge is -2.27. The quantitative estimate of drug-likeness (QED) is 0.281. The van der Waals surface area contributed by atoms with Gasteiger partial charge in [0, 0.05) is 24.7 Å². The van der Waals surface area contributed by atoms with E-state index in [2.05, 4.69) is 139 Å². The zero-order chi connectivity index (χ0) is 22.7. The zero-order valence-corrected chi connectivity index (χ0v) is 19.4. The predicted octanol–water partition coefficient (Wildman–Crippen LogP) is 6.52. The summed E-state index contributed by atoms with van der Waals surface area (Å²) in [4.78, 5) is 0. The topological polar surface area (TPSA) is 24.1 Å². The predicted molar refractivity (Wildman–Crippen MR) is 139 cm³/mol. The van der Waals surface area contributed by atoms with Gasteiger partial charge in [0.1, 0.15) is 0 Å². The Bertz CT molecular complexity index is 1050. The third-order valence-electron chi connectivity index (χ3n) is 6.13. The molecule has 2 heteroatoms. The molecule has 0 radical (unpaired) electrons. The van der Waals surface area contributed by atoms with E-state index in [9.17, 15) is 0 Å². The lowest BCUT2D eigenvalue weighted by molar-refractivity contribution is 0.407. The normalized spacial score (nSPS) is 13.8. The largest absolute Gasteiger partial charge is 0.308 e. The molecule has 0 heterocycles. The van der Waals surface area contributed by atoms with E-state index in [4.69, 9.17) is 0 Å². The van der Waals surface area contributed by atoms with Gasteiger partial charge in [-0.2, -0.15) is 0 Å². The van der Waals surface area contributed by atoms with Crippen molar-refractivity contribution in [3.8, 4) is 0 Å². The molecule has 0 amide bonds. The summed E-state index contributed by atoms with van der Waals surface area (Å²) in [5.41, 5.74) is 5.37. The Morgan fingerprint density at radius 1 is 0.515 bits per heavy atom. The van der Waals surface area contributed by atoms with Crippen molar-refractivity contribution in [3.05, 3.63) is 144 Å². The second kappa shape index (κ2) is 12.2. The van der Waals surface area contributed by atoms with Crippen molar-refractivity contribution in [2.45, 2.75) is 37.9 Å². The van der Waals surface area contributed by atoms with Crippen LogP contribution < -0.4 is 10.6 Å². The molecular weight excluding hydrogens is 400 g/mol. The first-order valence-electron chi connectivity index (χ1n) is 11.9. The lowest BCUT2D eigenvalue weighted by atomic mass is 9.97. The number of hydrogen-bond donors (Lipinski definition) is 2. The van der Waals surface area contributed by atoms with Crippen LogP contribution in [0.15, 0.2) is 121 Å². The van der Waals surface area contributed by atoms with Gasteiger partial charge in [0.15, 0.2) is 0 Å². The van der Waals surface area contributed by atoms with Crippen molar-refractivity contribution >= 4 is 0 Å². The van der Waals surface area contributed by atoms with Crippen LogP contribution in [0.2, 0.25) is 0 Å². The van der Waals surface area contributed by atoms with Crippen molar-refractivity contribution in [1.82, 2.24) is 10.6 Å². The first-order chi connectivity index (χ1) is 16.3. The number of hydrogen-bond acceptors (Lipinski definition) is 2. The lowest BCUT2D eigenvalue weighted by Crippen LogP contribution is -2.40. The van der Waals surface area contributed by atoms with Crippen LogP contribution in [0.4, 0.5) is 0 Å². The molecular formula is C31H34N2. The van der Waals surface area contributed by atoms with Gasteiger partial charge in [-0.05, 0) is 42.0 Å². The number of benzene rings is 4. The molecule has 0 aliphatic carbocycles. The molecule has 4 aromatic carbocycles. The van der Waals surface area contributed by atoms with Gasteiger partial charge < -0.3 is 10.6 Å². The molecule has 2 nitrogen and oxygen atoms in total. The first kappa shape index (κ1) is 23.0. The van der Waals surface area contributed by atoms with Gasteiger partial charge in [0.2, 0.25) is 0 Å². The smallest absolute Gasteiger partial charge is 0.0363 e. The monoisotopic (exact) mass is 434 g/mol. The van der Waals surface area contributed by atoms with Crippen molar-refractivity contribution in [1.29, 1.82) is 0 Å². The average Bonchev–Trinajstić information content (AvgIpc) is 2.88. The summed E-state index contributed by atoms with van der Waals surface area (Å²) in [6, 6.07) is 43.9. The molecule has 168 valence electrons. The Labute approximate surface area is 198 Å². The maximum absolute atomic E-state index is 3.89. The molecule has 0 saturated carbocycles. The van der Waals surface area contributed by atoms with Crippen LogP contribution in [0.25, 0.3) is 0 Å². The summed E-state index contributed by atoms with van der Waals surface area (Å²) in [6.07, 6.45) is 1.95. The molecule has 0 aliphatic rings. The van der Waals surface area contributed by atoms with E-state index in [0.717, 1.165) is 19.4 Å². The highest BCUT2D eigenvalue weighted by Crippen LogP contribution is 2.21. The standard InChI is InChI=1S/C31H34N2/c1-25(33-31(29-20-12-5-13-21-29)23-27-16-8-3-9-17-27)24-32-30(28-18-10-4-11-19-28)22-26-14-6-2-7-15-26/h2-21,25,30-33H,22-24H2,1H3/t25-,30+,31+/m1/s1. The maximum Gasteiger partial charge on any atom is 0.0363 e. The summed E-state index contributed by atoms with van der Waals surface area (Å²) in [5, 5.41) is 7.73. The Hall–Kier alpha value is -3.20. The average molecular weight is 435 g/mol. The fourth-order valence-corrected chi connectivity index (χ4v) is 4.37. The summed E-state index contributed by atoms with van der Waals surface area (Å²) in [6.45, 7) is 3.17. The highest BCUT2D eigenvalue weighted by molar-refractivity contribution is 5.25. The second-order valence-electron chi connectivity index (χ2n) is 8.78. The van der Waals surface area contributed by atoms with Gasteiger partial charge >= 0.3 is 0 Å². The molecule has 0 aliphatic heterocycles. The molecule has 3 atom stereocenters. The minimum Gasteiger partial charge on any atom is -0.308 e. The molecule has 0 spiro atoms. The molecule has 0 bridgehead atoms. The molecule has 4 rings (SSSR count). The van der Waals surface area contributed by atoms with E-state index in [1.165, 1.54) is 22.3 Å². The SMILES string of the molecule is C[C@H](CN[C@@H](Cc1ccccc1)c1ccccc1)N[C@@H](Cc1ccccc1)c1ccccc1. The molecule has 0 unspecified atom stereocenters. The molecule has 0 aromatic heterocycles. The van der Waals surface area contributed by atoms with Crippen LogP contribution in [-0.4, -0.2) is 12.6 Å². The van der Waals surface area contributed by atoms with Crippen LogP contribution in [0, 0.1) is 0 Å². The van der Waals surface area contributed by atoms with Crippen LogP contribution in [0.5, 0.6) is 0 Å². The van der Waals surface area contributed by atoms with E-state index in [1.54, 1.807) is 0 Å². The third-order valence-corrected chi connectivity index (χ3v) is 6.13. The van der Waals surface area contributed by atoms with E-state index in [0.29, 0.717) is 6.04 Å². The minimum absolute atomic E-state index is 0.273. The van der Waals surface area contributed by atoms with Crippen molar-refractivity contribution in [3.63, 3.8) is 0 Å². The van der Waals surface area contributed by atoms with E-state index in [-0.39, 0.29) is 12.1 Å². The number of nitrogens with one attached hydrogen (secondary N) is 2. The Kier molecular flexibility index (Phi) is 8.46. The summed E-state index contributed by atoms with van der Waals surface area (Å²) < 4.78 is 0. The summed E-state index contributed by atoms with van der Waals surface area (Å²) >= 11 is 0. The molecule has 0 fully saturated rings. The van der Waals surface area contributed by atoms with Crippen molar-refractivity contribution < 1.29 is 0 Å². The van der Waals surface area contributed by atoms with Crippen LogP contribution in [0.3, 0.4) is 0 Å². The van der Waals surface area contributed by atoms with Crippen molar-refractivity contribution in [2.75, 3.05) is 6.54 Å². The fourth-order valence-electron chi connectivity index (χ4n) is 4.37. The van der Waals surface area contributed by atoms with E-state index < -0.39 is 0 Å². The Morgan fingerprint density at radius 2 is 0.909 bits per heavy atom. The Balaban J connectivity index is 1.43. The highest BCUT2D eigenvalue weighted by Gasteiger charge is 2.17. The van der Waals surface area contributed by atoms with Gasteiger partial charge in [0.05, 0.1) is 0 Å².